The molecule has 0 amide bonds. The highest BCUT2D eigenvalue weighted by molar-refractivity contribution is 5.80. The number of nitrogens with one attached hydrogen (secondary N) is 2. The maximum Gasteiger partial charge on any atom is 0.191 e. The van der Waals surface area contributed by atoms with Crippen molar-refractivity contribution in [3.63, 3.8) is 0 Å². The van der Waals surface area contributed by atoms with E-state index in [4.69, 9.17) is 0 Å². The molecule has 3 N–H and O–H groups in total. The third kappa shape index (κ3) is 4.57. The number of aromatic nitrogens is 3. The van der Waals surface area contributed by atoms with Crippen LogP contribution in [0, 0.1) is 0 Å². The Morgan fingerprint density at radius 3 is 2.92 bits per heavy atom. The predicted octanol–water partition coefficient (Wildman–Crippen LogP) is 1.40. The molecule has 7 heteroatoms. The molecule has 7 nitrogen and oxygen atoms in total. The van der Waals surface area contributed by atoms with Crippen molar-refractivity contribution in [2.24, 2.45) is 4.99 Å². The zero-order valence-electron chi connectivity index (χ0n) is 14.8. The summed E-state index contributed by atoms with van der Waals surface area (Å²) in [6, 6.07) is 8.21. The normalized spacial score (nSPS) is 18.5. The smallest absolute Gasteiger partial charge is 0.191 e. The van der Waals surface area contributed by atoms with Crippen LogP contribution in [0.15, 0.2) is 35.6 Å². The zero-order valence-corrected chi connectivity index (χ0v) is 14.8. The highest BCUT2D eigenvalue weighted by Crippen LogP contribution is 2.14. The van der Waals surface area contributed by atoms with Crippen LogP contribution in [-0.2, 0) is 19.5 Å². The van der Waals surface area contributed by atoms with Crippen LogP contribution >= 0.6 is 0 Å². The van der Waals surface area contributed by atoms with E-state index in [1.165, 1.54) is 0 Å². The van der Waals surface area contributed by atoms with Gasteiger partial charge in [-0.2, -0.15) is 5.10 Å². The lowest BCUT2D eigenvalue weighted by molar-refractivity contribution is 0.199. The Bertz CT molecular complexity index is 707. The van der Waals surface area contributed by atoms with Crippen molar-refractivity contribution in [3.8, 4) is 0 Å². The molecule has 2 aromatic rings. The van der Waals surface area contributed by atoms with Crippen molar-refractivity contribution in [2.45, 2.75) is 51.9 Å². The Labute approximate surface area is 148 Å². The molecule has 0 fully saturated rings. The van der Waals surface area contributed by atoms with Crippen molar-refractivity contribution >= 4 is 5.96 Å². The first kappa shape index (κ1) is 17.4. The van der Waals surface area contributed by atoms with Crippen molar-refractivity contribution in [3.05, 3.63) is 47.5 Å². The van der Waals surface area contributed by atoms with Gasteiger partial charge in [-0.15, -0.1) is 0 Å². The largest absolute Gasteiger partial charge is 0.389 e. The Morgan fingerprint density at radius 1 is 1.40 bits per heavy atom. The molecule has 0 radical (unpaired) electrons. The topological polar surface area (TPSA) is 87.4 Å². The maximum absolute atomic E-state index is 9.58. The third-order valence-electron chi connectivity index (χ3n) is 4.37. The van der Waals surface area contributed by atoms with Crippen LogP contribution in [0.25, 0.3) is 0 Å². The van der Waals surface area contributed by atoms with Crippen LogP contribution in [-0.4, -0.2) is 38.4 Å². The van der Waals surface area contributed by atoms with E-state index in [9.17, 15) is 5.11 Å². The molecular formula is C18H26N6O. The number of benzene rings is 1. The summed E-state index contributed by atoms with van der Waals surface area (Å²) < 4.78 is 1.96. The van der Waals surface area contributed by atoms with E-state index in [-0.39, 0.29) is 0 Å². The number of aliphatic imine (C=N–C) groups is 1. The van der Waals surface area contributed by atoms with Gasteiger partial charge in [0.1, 0.15) is 12.2 Å². The summed E-state index contributed by atoms with van der Waals surface area (Å²) in [5, 5.41) is 20.6. The second-order valence-corrected chi connectivity index (χ2v) is 6.35. The number of hydrogen-bond donors (Lipinski definition) is 3. The summed E-state index contributed by atoms with van der Waals surface area (Å²) >= 11 is 0. The highest BCUT2D eigenvalue weighted by atomic mass is 16.3. The average molecular weight is 342 g/mol. The van der Waals surface area contributed by atoms with Crippen LogP contribution in [0.1, 0.15) is 43.3 Å². The molecule has 0 bridgehead atoms. The number of aliphatic hydroxyl groups excluding tert-OH is 1. The van der Waals surface area contributed by atoms with Crippen molar-refractivity contribution in [1.29, 1.82) is 0 Å². The molecule has 0 saturated heterocycles. The molecule has 25 heavy (non-hydrogen) atoms. The van der Waals surface area contributed by atoms with Gasteiger partial charge in [-0.3, -0.25) is 0 Å². The first-order chi connectivity index (χ1) is 12.2. The molecule has 1 aromatic carbocycles. The highest BCUT2D eigenvalue weighted by Gasteiger charge is 2.20. The quantitative estimate of drug-likeness (QED) is 0.565. The maximum atomic E-state index is 9.58. The molecule has 1 aromatic heterocycles. The number of nitrogens with zero attached hydrogens (tertiary/aromatic N) is 4. The van der Waals surface area contributed by atoms with Gasteiger partial charge >= 0.3 is 0 Å². The van der Waals surface area contributed by atoms with E-state index in [1.54, 1.807) is 13.3 Å². The first-order valence-electron chi connectivity index (χ1n) is 8.84. The predicted molar refractivity (Wildman–Crippen MR) is 97.2 cm³/mol. The van der Waals surface area contributed by atoms with Crippen LogP contribution in [0.3, 0.4) is 0 Å². The monoisotopic (exact) mass is 342 g/mol. The first-order valence-corrected chi connectivity index (χ1v) is 8.84. The lowest BCUT2D eigenvalue weighted by Crippen LogP contribution is -2.47. The minimum absolute atomic E-state index is 0.296. The van der Waals surface area contributed by atoms with Crippen molar-refractivity contribution in [2.75, 3.05) is 6.54 Å². The number of fused-ring (bicyclic) bond motifs is 1. The van der Waals surface area contributed by atoms with Crippen LogP contribution in [0.4, 0.5) is 0 Å². The van der Waals surface area contributed by atoms with Crippen molar-refractivity contribution < 1.29 is 5.11 Å². The van der Waals surface area contributed by atoms with E-state index in [0.717, 1.165) is 48.8 Å². The Kier molecular flexibility index (Phi) is 5.65. The van der Waals surface area contributed by atoms with Gasteiger partial charge in [0.2, 0.25) is 0 Å². The van der Waals surface area contributed by atoms with E-state index in [2.05, 4.69) is 32.6 Å². The summed E-state index contributed by atoms with van der Waals surface area (Å²) in [4.78, 5) is 8.95. The lowest BCUT2D eigenvalue weighted by atomic mass is 10.1. The summed E-state index contributed by atoms with van der Waals surface area (Å²) in [5.74, 6) is 1.87. The average Bonchev–Trinajstić information content (AvgIpc) is 3.08. The molecule has 2 unspecified atom stereocenters. The number of aryl methyl sites for hydroxylation is 1. The minimum atomic E-state index is -0.440. The fourth-order valence-corrected chi connectivity index (χ4v) is 2.94. The standard InChI is InChI=1S/C18H26N6O/c1-3-19-18(20-10-14-4-6-15(7-5-14)13(2)25)23-16-8-9-17-21-12-22-24(17)11-16/h4-7,12-13,16,25H,3,8-11H2,1-2H3,(H2,19,20,23). The number of hydrogen-bond acceptors (Lipinski definition) is 4. The summed E-state index contributed by atoms with van der Waals surface area (Å²) in [6.07, 6.45) is 3.13. The second kappa shape index (κ2) is 8.11. The Balaban J connectivity index is 1.61. The van der Waals surface area contributed by atoms with E-state index in [0.29, 0.717) is 12.6 Å². The number of guanidine groups is 1. The molecule has 134 valence electrons. The minimum Gasteiger partial charge on any atom is -0.389 e. The molecule has 1 aliphatic heterocycles. The van der Waals surface area contributed by atoms with E-state index < -0.39 is 6.10 Å². The molecule has 2 heterocycles. The summed E-state index contributed by atoms with van der Waals surface area (Å²) in [5.41, 5.74) is 2.03. The zero-order chi connectivity index (χ0) is 17.6. The van der Waals surface area contributed by atoms with Gasteiger partial charge in [0.05, 0.1) is 19.2 Å². The van der Waals surface area contributed by atoms with Gasteiger partial charge < -0.3 is 15.7 Å². The van der Waals surface area contributed by atoms with E-state index >= 15 is 0 Å². The van der Waals surface area contributed by atoms with Gasteiger partial charge in [0, 0.05) is 19.0 Å². The molecule has 3 rings (SSSR count). The van der Waals surface area contributed by atoms with Crippen LogP contribution in [0.2, 0.25) is 0 Å². The Morgan fingerprint density at radius 2 is 2.20 bits per heavy atom. The molecule has 1 aliphatic rings. The van der Waals surface area contributed by atoms with Crippen LogP contribution in [0.5, 0.6) is 0 Å². The molecule has 0 saturated carbocycles. The third-order valence-corrected chi connectivity index (χ3v) is 4.37. The molecule has 0 spiro atoms. The van der Waals surface area contributed by atoms with Gasteiger partial charge in [-0.05, 0) is 31.4 Å². The number of rotatable bonds is 5. The van der Waals surface area contributed by atoms with E-state index in [1.807, 2.05) is 28.9 Å². The van der Waals surface area contributed by atoms with Gasteiger partial charge in [0.25, 0.3) is 0 Å². The molecule has 2 atom stereocenters. The number of aliphatic hydroxyl groups is 1. The Hall–Kier alpha value is -2.41. The second-order valence-electron chi connectivity index (χ2n) is 6.35. The van der Waals surface area contributed by atoms with Gasteiger partial charge in [-0.25, -0.2) is 14.7 Å². The SMILES string of the molecule is CCNC(=NCc1ccc(C(C)O)cc1)NC1CCc2ncnn2C1. The fourth-order valence-electron chi connectivity index (χ4n) is 2.94. The van der Waals surface area contributed by atoms with Gasteiger partial charge in [-0.1, -0.05) is 24.3 Å². The van der Waals surface area contributed by atoms with Gasteiger partial charge in [0.15, 0.2) is 5.96 Å². The molecular weight excluding hydrogens is 316 g/mol. The molecule has 0 aliphatic carbocycles. The summed E-state index contributed by atoms with van der Waals surface area (Å²) in [7, 11) is 0. The lowest BCUT2D eigenvalue weighted by Gasteiger charge is -2.25. The fraction of sp³-hybridized carbons (Fsp3) is 0.500. The van der Waals surface area contributed by atoms with Crippen LogP contribution < -0.4 is 10.6 Å². The summed E-state index contributed by atoms with van der Waals surface area (Å²) in [6.45, 7) is 6.05. The van der Waals surface area contributed by atoms with Crippen molar-refractivity contribution in [1.82, 2.24) is 25.4 Å².